The van der Waals surface area contributed by atoms with E-state index in [4.69, 9.17) is 11.6 Å². The van der Waals surface area contributed by atoms with Crippen LogP contribution in [-0.4, -0.2) is 34.3 Å². The summed E-state index contributed by atoms with van der Waals surface area (Å²) >= 11 is 5.66. The molecule has 4 nitrogen and oxygen atoms in total. The van der Waals surface area contributed by atoms with Crippen molar-refractivity contribution in [3.63, 3.8) is 0 Å². The number of nitrogens with one attached hydrogen (secondary N) is 1. The van der Waals surface area contributed by atoms with E-state index in [0.717, 1.165) is 57.8 Å². The third kappa shape index (κ3) is 2.28. The minimum atomic E-state index is -0.639. The van der Waals surface area contributed by atoms with Crippen LogP contribution in [0.15, 0.2) is 11.6 Å². The normalized spacial score (nSPS) is 27.8. The first-order valence-corrected chi connectivity index (χ1v) is 8.48. The van der Waals surface area contributed by atoms with Gasteiger partial charge in [-0.1, -0.05) is 49.8 Å². The Morgan fingerprint density at radius 3 is 2.29 bits per heavy atom. The number of piperazine rings is 1. The molecular formula is C16H23ClN2O2. The van der Waals surface area contributed by atoms with Crippen molar-refractivity contribution in [1.82, 2.24) is 10.2 Å². The summed E-state index contributed by atoms with van der Waals surface area (Å²) in [5.74, 6) is 0.169. The Bertz CT molecular complexity index is 463. The first kappa shape index (κ1) is 14.9. The first-order chi connectivity index (χ1) is 10.1. The Labute approximate surface area is 130 Å². The predicted molar refractivity (Wildman–Crippen MR) is 81.9 cm³/mol. The van der Waals surface area contributed by atoms with Crippen LogP contribution in [-0.2, 0) is 9.59 Å². The average molecular weight is 311 g/mol. The Hall–Kier alpha value is -1.03. The molecule has 1 heterocycles. The van der Waals surface area contributed by atoms with Gasteiger partial charge < -0.3 is 10.2 Å². The van der Waals surface area contributed by atoms with E-state index in [1.54, 1.807) is 6.08 Å². The highest BCUT2D eigenvalue weighted by atomic mass is 35.5. The summed E-state index contributed by atoms with van der Waals surface area (Å²) in [6.07, 6.45) is 10.1. The van der Waals surface area contributed by atoms with E-state index in [9.17, 15) is 9.59 Å². The molecule has 21 heavy (non-hydrogen) atoms. The van der Waals surface area contributed by atoms with Gasteiger partial charge in [0.1, 0.15) is 11.1 Å². The largest absolute Gasteiger partial charge is 0.340 e. The van der Waals surface area contributed by atoms with Gasteiger partial charge in [0.05, 0.1) is 0 Å². The van der Waals surface area contributed by atoms with Crippen LogP contribution < -0.4 is 5.32 Å². The fourth-order valence-electron chi connectivity index (χ4n) is 4.32. The molecule has 1 N–H and O–H groups in total. The zero-order valence-electron chi connectivity index (χ0n) is 12.4. The van der Waals surface area contributed by atoms with Crippen LogP contribution in [0.4, 0.5) is 0 Å². The summed E-state index contributed by atoms with van der Waals surface area (Å²) in [5, 5.41) is 3.12. The average Bonchev–Trinajstić information content (AvgIpc) is 2.96. The lowest BCUT2D eigenvalue weighted by molar-refractivity contribution is -0.164. The zero-order chi connectivity index (χ0) is 14.9. The third-order valence-electron chi connectivity index (χ3n) is 5.46. The van der Waals surface area contributed by atoms with Gasteiger partial charge in [0, 0.05) is 12.1 Å². The Kier molecular flexibility index (Phi) is 4.00. The topological polar surface area (TPSA) is 49.4 Å². The van der Waals surface area contributed by atoms with Gasteiger partial charge in [-0.2, -0.15) is 0 Å². The Morgan fingerprint density at radius 2 is 1.67 bits per heavy atom. The lowest BCUT2D eigenvalue weighted by Crippen LogP contribution is -2.75. The van der Waals surface area contributed by atoms with Crippen LogP contribution in [0.5, 0.6) is 0 Å². The molecule has 0 aromatic carbocycles. The van der Waals surface area contributed by atoms with Crippen LogP contribution in [0.2, 0.25) is 0 Å². The highest BCUT2D eigenvalue weighted by Crippen LogP contribution is 2.42. The lowest BCUT2D eigenvalue weighted by Gasteiger charge is -2.53. The number of halogens is 1. The summed E-state index contributed by atoms with van der Waals surface area (Å²) in [4.78, 5) is 27.8. The molecule has 0 aromatic rings. The monoisotopic (exact) mass is 310 g/mol. The minimum absolute atomic E-state index is 0.0617. The Balaban J connectivity index is 1.96. The van der Waals surface area contributed by atoms with E-state index in [1.165, 1.54) is 5.54 Å². The molecule has 2 spiro atoms. The Morgan fingerprint density at radius 1 is 1.05 bits per heavy atom. The van der Waals surface area contributed by atoms with E-state index in [2.05, 4.69) is 5.32 Å². The van der Waals surface area contributed by atoms with Crippen molar-refractivity contribution in [3.8, 4) is 0 Å². The molecule has 0 unspecified atom stereocenters. The van der Waals surface area contributed by atoms with Crippen molar-refractivity contribution < 1.29 is 9.59 Å². The molecular weight excluding hydrogens is 288 g/mol. The molecule has 2 amide bonds. The molecule has 1 saturated heterocycles. The molecule has 3 aliphatic rings. The molecule has 3 rings (SSSR count). The molecule has 5 heteroatoms. The molecule has 0 bridgehead atoms. The second-order valence-corrected chi connectivity index (χ2v) is 6.87. The number of carbonyl (C=O) groups excluding carboxylic acids is 2. The van der Waals surface area contributed by atoms with E-state index in [1.807, 2.05) is 4.90 Å². The molecule has 0 aromatic heterocycles. The molecule has 0 atom stereocenters. The molecule has 2 saturated carbocycles. The molecule has 0 radical (unpaired) electrons. The number of nitrogens with zero attached hydrogens (tertiary/aromatic N) is 1. The first-order valence-electron chi connectivity index (χ1n) is 8.05. The van der Waals surface area contributed by atoms with Crippen LogP contribution in [0, 0.1) is 0 Å². The van der Waals surface area contributed by atoms with Crippen molar-refractivity contribution in [2.24, 2.45) is 0 Å². The lowest BCUT2D eigenvalue weighted by atomic mass is 9.75. The summed E-state index contributed by atoms with van der Waals surface area (Å²) in [7, 11) is 0. The fraction of sp³-hybridized carbons (Fsp3) is 0.750. The number of hydrogen-bond acceptors (Lipinski definition) is 2. The second kappa shape index (κ2) is 5.64. The predicted octanol–water partition coefficient (Wildman–Crippen LogP) is 2.71. The maximum atomic E-state index is 13.1. The van der Waals surface area contributed by atoms with Crippen molar-refractivity contribution in [1.29, 1.82) is 0 Å². The summed E-state index contributed by atoms with van der Waals surface area (Å²) in [6, 6.07) is 0. The highest BCUT2D eigenvalue weighted by Gasteiger charge is 2.58. The van der Waals surface area contributed by atoms with Crippen LogP contribution in [0.3, 0.4) is 0 Å². The quantitative estimate of drug-likeness (QED) is 0.852. The van der Waals surface area contributed by atoms with E-state index < -0.39 is 11.1 Å². The van der Waals surface area contributed by atoms with Gasteiger partial charge in [0.15, 0.2) is 0 Å². The van der Waals surface area contributed by atoms with Crippen LogP contribution >= 0.6 is 11.6 Å². The van der Waals surface area contributed by atoms with Gasteiger partial charge in [-0.3, -0.25) is 9.59 Å². The van der Waals surface area contributed by atoms with Crippen molar-refractivity contribution in [2.75, 3.05) is 6.54 Å². The highest BCUT2D eigenvalue weighted by molar-refractivity contribution is 6.25. The van der Waals surface area contributed by atoms with Gasteiger partial charge in [-0.15, -0.1) is 0 Å². The van der Waals surface area contributed by atoms with Gasteiger partial charge in [0.25, 0.3) is 0 Å². The minimum Gasteiger partial charge on any atom is -0.340 e. The van der Waals surface area contributed by atoms with E-state index in [0.29, 0.717) is 6.54 Å². The molecule has 1 aliphatic heterocycles. The third-order valence-corrected chi connectivity index (χ3v) is 5.64. The molecule has 116 valence electrons. The van der Waals surface area contributed by atoms with Crippen molar-refractivity contribution in [3.05, 3.63) is 11.6 Å². The van der Waals surface area contributed by atoms with E-state index in [-0.39, 0.29) is 11.8 Å². The van der Waals surface area contributed by atoms with E-state index >= 15 is 0 Å². The van der Waals surface area contributed by atoms with Gasteiger partial charge >= 0.3 is 0 Å². The standard InChI is InChI=1S/C16H23ClN2O2/c17-11-6-12-19-14(21)15(7-4-5-8-15)18-13(20)16(19)9-2-1-3-10-16/h6,11H,1-5,7-10,12H2,(H,18,20)/b11-6+. The maximum Gasteiger partial charge on any atom is 0.249 e. The van der Waals surface area contributed by atoms with Crippen LogP contribution in [0.1, 0.15) is 57.8 Å². The van der Waals surface area contributed by atoms with Crippen molar-refractivity contribution >= 4 is 23.4 Å². The second-order valence-electron chi connectivity index (χ2n) is 6.61. The maximum absolute atomic E-state index is 13.1. The number of amides is 2. The summed E-state index contributed by atoms with van der Waals surface area (Å²) in [6.45, 7) is 0.442. The van der Waals surface area contributed by atoms with Crippen LogP contribution in [0.25, 0.3) is 0 Å². The molecule has 2 aliphatic carbocycles. The number of hydrogen-bond donors (Lipinski definition) is 1. The van der Waals surface area contributed by atoms with Gasteiger partial charge in [0.2, 0.25) is 11.8 Å². The van der Waals surface area contributed by atoms with Gasteiger partial charge in [-0.05, 0) is 25.7 Å². The smallest absolute Gasteiger partial charge is 0.249 e. The SMILES string of the molecule is O=C1N(C/C=C/Cl)C2(CCCCC2)C(=O)NC12CCCC2. The summed E-state index contributed by atoms with van der Waals surface area (Å²) < 4.78 is 0. The fourth-order valence-corrected chi connectivity index (χ4v) is 4.40. The summed E-state index contributed by atoms with van der Waals surface area (Å²) in [5.41, 5.74) is 0.164. The van der Waals surface area contributed by atoms with Gasteiger partial charge in [-0.25, -0.2) is 0 Å². The number of rotatable bonds is 2. The zero-order valence-corrected chi connectivity index (χ0v) is 13.1. The molecule has 3 fully saturated rings. The van der Waals surface area contributed by atoms with Crippen molar-refractivity contribution in [2.45, 2.75) is 68.9 Å². The number of carbonyl (C=O) groups is 2.